The van der Waals surface area contributed by atoms with Crippen LogP contribution in [-0.4, -0.2) is 64.8 Å². The Hall–Kier alpha value is -4.24. The van der Waals surface area contributed by atoms with Crippen LogP contribution in [0.3, 0.4) is 0 Å². The molecule has 41 heavy (non-hydrogen) atoms. The fourth-order valence-electron chi connectivity index (χ4n) is 7.23. The number of hydrogen-bond donors (Lipinski definition) is 1. The Morgan fingerprint density at radius 1 is 0.829 bits per heavy atom. The number of para-hydroxylation sites is 1. The van der Waals surface area contributed by atoms with E-state index in [2.05, 4.69) is 16.3 Å². The van der Waals surface area contributed by atoms with Crippen molar-refractivity contribution in [2.75, 3.05) is 37.6 Å². The van der Waals surface area contributed by atoms with Gasteiger partial charge in [-0.3, -0.25) is 24.1 Å². The number of nitrogens with zero attached hydrogens (tertiary/aromatic N) is 4. The quantitative estimate of drug-likeness (QED) is 0.487. The smallest absolute Gasteiger partial charge is 0.260 e. The number of aromatic nitrogens is 1. The first-order valence-electron chi connectivity index (χ1n) is 14.5. The largest absolute Gasteiger partial charge is 0.355 e. The Balaban J connectivity index is 0.950. The molecule has 3 aromatic rings. The van der Waals surface area contributed by atoms with Gasteiger partial charge in [0.15, 0.2) is 0 Å². The topological polar surface area (TPSA) is 95.0 Å². The van der Waals surface area contributed by atoms with Crippen molar-refractivity contribution in [1.29, 1.82) is 0 Å². The molecule has 4 aliphatic heterocycles. The van der Waals surface area contributed by atoms with Crippen LogP contribution >= 0.6 is 0 Å². The Morgan fingerprint density at radius 2 is 1.63 bits per heavy atom. The van der Waals surface area contributed by atoms with Crippen molar-refractivity contribution < 1.29 is 14.4 Å². The zero-order chi connectivity index (χ0) is 28.1. The van der Waals surface area contributed by atoms with Gasteiger partial charge in [-0.2, -0.15) is 0 Å². The Bertz CT molecular complexity index is 1600. The average Bonchev–Trinajstić information content (AvgIpc) is 3.28. The van der Waals surface area contributed by atoms with Crippen LogP contribution in [-0.2, 0) is 11.3 Å². The van der Waals surface area contributed by atoms with Crippen LogP contribution in [0, 0.1) is 5.92 Å². The van der Waals surface area contributed by atoms with Crippen molar-refractivity contribution in [3.05, 3.63) is 99.5 Å². The van der Waals surface area contributed by atoms with Crippen molar-refractivity contribution in [2.45, 2.75) is 37.9 Å². The van der Waals surface area contributed by atoms with Crippen LogP contribution in [0.25, 0.3) is 0 Å². The molecule has 1 N–H and O–H groups in total. The number of benzene rings is 2. The van der Waals surface area contributed by atoms with Gasteiger partial charge in [-0.25, -0.2) is 0 Å². The molecule has 9 heteroatoms. The Kier molecular flexibility index (Phi) is 6.46. The highest BCUT2D eigenvalue weighted by molar-refractivity contribution is 6.16. The van der Waals surface area contributed by atoms with Crippen molar-refractivity contribution in [3.63, 3.8) is 0 Å². The zero-order valence-corrected chi connectivity index (χ0v) is 22.9. The normalized spacial score (nSPS) is 22.6. The van der Waals surface area contributed by atoms with Gasteiger partial charge in [-0.15, -0.1) is 0 Å². The maximum atomic E-state index is 13.5. The van der Waals surface area contributed by atoms with E-state index in [0.717, 1.165) is 43.9 Å². The molecular formula is C32H33N5O4. The molecule has 2 aromatic carbocycles. The van der Waals surface area contributed by atoms with Gasteiger partial charge >= 0.3 is 0 Å². The second kappa shape index (κ2) is 10.3. The van der Waals surface area contributed by atoms with E-state index >= 15 is 0 Å². The van der Waals surface area contributed by atoms with Crippen LogP contribution in [0.15, 0.2) is 71.5 Å². The van der Waals surface area contributed by atoms with E-state index < -0.39 is 6.17 Å². The molecule has 1 saturated heterocycles. The first-order valence-corrected chi connectivity index (χ1v) is 14.5. The summed E-state index contributed by atoms with van der Waals surface area (Å²) in [5, 5.41) is 3.05. The predicted octanol–water partition coefficient (Wildman–Crippen LogP) is 2.98. The summed E-state index contributed by atoms with van der Waals surface area (Å²) in [5.41, 5.74) is 3.79. The SMILES string of the molecule is O=C(CCCN1C(=O)c2ccccc2N2C(=O)c3ccccc3C12)NCCN1CC2CC(C1)c1cccc(=O)n1C2. The first-order chi connectivity index (χ1) is 20.0. The Labute approximate surface area is 238 Å². The van der Waals surface area contributed by atoms with Crippen LogP contribution in [0.4, 0.5) is 5.69 Å². The molecule has 7 rings (SSSR count). The number of rotatable bonds is 7. The lowest BCUT2D eigenvalue weighted by Crippen LogP contribution is -2.49. The molecule has 0 radical (unpaired) electrons. The Morgan fingerprint density at radius 3 is 2.51 bits per heavy atom. The van der Waals surface area contributed by atoms with Gasteiger partial charge in [-0.05, 0) is 43.0 Å². The molecule has 210 valence electrons. The fraction of sp³-hybridized carbons (Fsp3) is 0.375. The molecule has 1 aromatic heterocycles. The molecule has 0 aliphatic carbocycles. The standard InChI is InChI=1S/C32H33N5O4/c38-28(33-14-16-34-18-21-17-22(20-34)26-11-5-13-29(39)36(26)19-21)12-6-15-35-30-23-7-1-2-8-24(23)32(41)37(30)27-10-4-3-9-25(27)31(35)40/h1-5,7-11,13,21-22,30H,6,12,14-20H2,(H,33,38). The molecule has 2 bridgehead atoms. The minimum absolute atomic E-state index is 0.0382. The van der Waals surface area contributed by atoms with E-state index in [1.165, 1.54) is 0 Å². The van der Waals surface area contributed by atoms with Gasteiger partial charge in [0, 0.05) is 74.5 Å². The summed E-state index contributed by atoms with van der Waals surface area (Å²) in [6, 6.07) is 20.2. The molecule has 3 amide bonds. The number of likely N-dealkylation sites (tertiary alicyclic amines) is 1. The van der Waals surface area contributed by atoms with Gasteiger partial charge < -0.3 is 19.7 Å². The maximum Gasteiger partial charge on any atom is 0.260 e. The summed E-state index contributed by atoms with van der Waals surface area (Å²) in [6.45, 7) is 4.30. The van der Waals surface area contributed by atoms with Crippen molar-refractivity contribution in [2.24, 2.45) is 5.92 Å². The van der Waals surface area contributed by atoms with Crippen LogP contribution in [0.2, 0.25) is 0 Å². The lowest BCUT2D eigenvalue weighted by Gasteiger charge is -2.42. The monoisotopic (exact) mass is 551 g/mol. The fourth-order valence-corrected chi connectivity index (χ4v) is 7.23. The number of hydrogen-bond acceptors (Lipinski definition) is 5. The number of anilines is 1. The third-order valence-corrected chi connectivity index (χ3v) is 8.99. The summed E-state index contributed by atoms with van der Waals surface area (Å²) >= 11 is 0. The predicted molar refractivity (Wildman–Crippen MR) is 154 cm³/mol. The molecule has 4 aliphatic rings. The highest BCUT2D eigenvalue weighted by Crippen LogP contribution is 2.45. The molecule has 1 fully saturated rings. The molecule has 9 nitrogen and oxygen atoms in total. The van der Waals surface area contributed by atoms with E-state index in [-0.39, 0.29) is 23.3 Å². The molecular weight excluding hydrogens is 518 g/mol. The average molecular weight is 552 g/mol. The van der Waals surface area contributed by atoms with Gasteiger partial charge in [-0.1, -0.05) is 36.4 Å². The van der Waals surface area contributed by atoms with Gasteiger partial charge in [0.25, 0.3) is 17.4 Å². The van der Waals surface area contributed by atoms with Gasteiger partial charge in [0.2, 0.25) is 5.91 Å². The van der Waals surface area contributed by atoms with E-state index in [4.69, 9.17) is 0 Å². The van der Waals surface area contributed by atoms with Crippen LogP contribution in [0.1, 0.15) is 63.3 Å². The first kappa shape index (κ1) is 25.7. The highest BCUT2D eigenvalue weighted by atomic mass is 16.2. The van der Waals surface area contributed by atoms with Crippen molar-refractivity contribution >= 4 is 23.4 Å². The number of piperidine rings is 1. The number of carbonyl (C=O) groups excluding carboxylic acids is 3. The second-order valence-electron chi connectivity index (χ2n) is 11.6. The summed E-state index contributed by atoms with van der Waals surface area (Å²) in [4.78, 5) is 57.7. The number of fused-ring (bicyclic) bond motifs is 9. The third kappa shape index (κ3) is 4.44. The van der Waals surface area contributed by atoms with E-state index in [1.54, 1.807) is 21.9 Å². The van der Waals surface area contributed by atoms with Gasteiger partial charge in [0.05, 0.1) is 11.3 Å². The molecule has 0 saturated carbocycles. The van der Waals surface area contributed by atoms with Crippen LogP contribution < -0.4 is 15.8 Å². The van der Waals surface area contributed by atoms with E-state index in [9.17, 15) is 19.2 Å². The molecule has 5 heterocycles. The number of amides is 3. The molecule has 3 atom stereocenters. The lowest BCUT2D eigenvalue weighted by molar-refractivity contribution is -0.121. The van der Waals surface area contributed by atoms with Gasteiger partial charge in [0.1, 0.15) is 6.17 Å². The summed E-state index contributed by atoms with van der Waals surface area (Å²) in [5.74, 6) is 0.545. The summed E-state index contributed by atoms with van der Waals surface area (Å²) < 4.78 is 1.93. The number of pyridine rings is 1. The second-order valence-corrected chi connectivity index (χ2v) is 11.6. The minimum atomic E-state index is -0.497. The van der Waals surface area contributed by atoms with Crippen molar-refractivity contribution in [1.82, 2.24) is 19.7 Å². The van der Waals surface area contributed by atoms with Crippen molar-refractivity contribution in [3.8, 4) is 0 Å². The summed E-state index contributed by atoms with van der Waals surface area (Å²) in [7, 11) is 0. The van der Waals surface area contributed by atoms with E-state index in [1.807, 2.05) is 53.1 Å². The molecule has 3 unspecified atom stereocenters. The minimum Gasteiger partial charge on any atom is -0.355 e. The van der Waals surface area contributed by atoms with E-state index in [0.29, 0.717) is 54.6 Å². The number of nitrogens with one attached hydrogen (secondary N) is 1. The zero-order valence-electron chi connectivity index (χ0n) is 22.9. The maximum absolute atomic E-state index is 13.5. The molecule has 0 spiro atoms. The highest BCUT2D eigenvalue weighted by Gasteiger charge is 2.47. The van der Waals surface area contributed by atoms with Crippen LogP contribution in [0.5, 0.6) is 0 Å². The summed E-state index contributed by atoms with van der Waals surface area (Å²) in [6.07, 6.45) is 1.42. The number of carbonyl (C=O) groups is 3. The third-order valence-electron chi connectivity index (χ3n) is 8.99. The lowest BCUT2D eigenvalue weighted by atomic mass is 9.83.